The van der Waals surface area contributed by atoms with Gasteiger partial charge in [-0.1, -0.05) is 0 Å². The predicted octanol–water partition coefficient (Wildman–Crippen LogP) is 1.94. The van der Waals surface area contributed by atoms with Crippen molar-refractivity contribution in [3.63, 3.8) is 0 Å². The SMILES string of the molecule is O=[N+]([O-])c1cn(-c2cccnc2)nc1Br. The Bertz CT molecular complexity index is 497. The van der Waals surface area contributed by atoms with Gasteiger partial charge < -0.3 is 0 Å². The lowest BCUT2D eigenvalue weighted by Crippen LogP contribution is -1.94. The maximum atomic E-state index is 10.6. The monoisotopic (exact) mass is 268 g/mol. The molecule has 0 saturated carbocycles. The molecule has 2 heterocycles. The molecule has 0 N–H and O–H groups in total. The Morgan fingerprint density at radius 1 is 1.53 bits per heavy atom. The summed E-state index contributed by atoms with van der Waals surface area (Å²) in [4.78, 5) is 14.0. The van der Waals surface area contributed by atoms with E-state index in [2.05, 4.69) is 26.0 Å². The number of pyridine rings is 1. The van der Waals surface area contributed by atoms with E-state index in [1.165, 1.54) is 10.9 Å². The van der Waals surface area contributed by atoms with Crippen LogP contribution in [0.1, 0.15) is 0 Å². The molecule has 2 aromatic rings. The predicted molar refractivity (Wildman–Crippen MR) is 55.7 cm³/mol. The highest BCUT2D eigenvalue weighted by Crippen LogP contribution is 2.23. The average Bonchev–Trinajstić information content (AvgIpc) is 2.62. The van der Waals surface area contributed by atoms with Gasteiger partial charge >= 0.3 is 5.69 Å². The van der Waals surface area contributed by atoms with Crippen molar-refractivity contribution in [2.24, 2.45) is 0 Å². The third kappa shape index (κ3) is 1.86. The first-order chi connectivity index (χ1) is 7.18. The number of halogens is 1. The smallest absolute Gasteiger partial charge is 0.262 e. The maximum absolute atomic E-state index is 10.6. The van der Waals surface area contributed by atoms with E-state index >= 15 is 0 Å². The van der Waals surface area contributed by atoms with Crippen LogP contribution in [0.2, 0.25) is 0 Å². The van der Waals surface area contributed by atoms with Crippen LogP contribution in [0.4, 0.5) is 5.69 Å². The first kappa shape index (κ1) is 9.78. The number of nitrogens with zero attached hydrogens (tertiary/aromatic N) is 4. The molecule has 2 aromatic heterocycles. The summed E-state index contributed by atoms with van der Waals surface area (Å²) in [6, 6.07) is 3.49. The van der Waals surface area contributed by atoms with Gasteiger partial charge in [0.15, 0.2) is 0 Å². The molecule has 0 fully saturated rings. The molecule has 0 aliphatic carbocycles. The number of hydrogen-bond acceptors (Lipinski definition) is 4. The topological polar surface area (TPSA) is 73.8 Å². The highest BCUT2D eigenvalue weighted by Gasteiger charge is 2.17. The van der Waals surface area contributed by atoms with E-state index < -0.39 is 4.92 Å². The Hall–Kier alpha value is -1.76. The second kappa shape index (κ2) is 3.77. The van der Waals surface area contributed by atoms with Gasteiger partial charge in [0.1, 0.15) is 6.20 Å². The van der Waals surface area contributed by atoms with Crippen LogP contribution < -0.4 is 0 Å². The molecule has 0 radical (unpaired) electrons. The maximum Gasteiger partial charge on any atom is 0.321 e. The summed E-state index contributed by atoms with van der Waals surface area (Å²) in [5, 5.41) is 14.5. The van der Waals surface area contributed by atoms with Crippen molar-refractivity contribution in [2.45, 2.75) is 0 Å². The molecule has 7 heteroatoms. The second-order valence-corrected chi connectivity index (χ2v) is 3.47. The van der Waals surface area contributed by atoms with Crippen molar-refractivity contribution < 1.29 is 4.92 Å². The molecule has 0 saturated heterocycles. The summed E-state index contributed by atoms with van der Waals surface area (Å²) in [7, 11) is 0. The summed E-state index contributed by atoms with van der Waals surface area (Å²) < 4.78 is 1.60. The lowest BCUT2D eigenvalue weighted by atomic mass is 10.4. The molecular formula is C8H5BrN4O2. The molecule has 0 unspecified atom stereocenters. The molecule has 2 rings (SSSR count). The highest BCUT2D eigenvalue weighted by atomic mass is 79.9. The van der Waals surface area contributed by atoms with E-state index in [1.807, 2.05) is 0 Å². The molecule has 76 valence electrons. The minimum atomic E-state index is -0.496. The normalized spacial score (nSPS) is 10.2. The minimum absolute atomic E-state index is 0.0705. The molecule has 15 heavy (non-hydrogen) atoms. The van der Waals surface area contributed by atoms with Gasteiger partial charge in [-0.2, -0.15) is 5.10 Å². The van der Waals surface area contributed by atoms with Crippen molar-refractivity contribution in [3.05, 3.63) is 45.4 Å². The number of aromatic nitrogens is 3. The van der Waals surface area contributed by atoms with Crippen molar-refractivity contribution in [1.82, 2.24) is 14.8 Å². The molecule has 6 nitrogen and oxygen atoms in total. The van der Waals surface area contributed by atoms with E-state index in [0.29, 0.717) is 5.69 Å². The zero-order chi connectivity index (χ0) is 10.8. The van der Waals surface area contributed by atoms with Crippen LogP contribution in [0.15, 0.2) is 35.3 Å². The summed E-state index contributed by atoms with van der Waals surface area (Å²) in [6.45, 7) is 0. The molecule has 0 atom stereocenters. The van der Waals surface area contributed by atoms with Gasteiger partial charge in [-0.05, 0) is 28.1 Å². The zero-order valence-corrected chi connectivity index (χ0v) is 8.96. The van der Waals surface area contributed by atoms with Crippen molar-refractivity contribution in [3.8, 4) is 5.69 Å². The number of nitro groups is 1. The van der Waals surface area contributed by atoms with E-state index in [1.54, 1.807) is 24.5 Å². The van der Waals surface area contributed by atoms with Crippen molar-refractivity contribution in [2.75, 3.05) is 0 Å². The molecule has 0 aromatic carbocycles. The summed E-state index contributed by atoms with van der Waals surface area (Å²) in [6.07, 6.45) is 4.53. The van der Waals surface area contributed by atoms with Crippen LogP contribution in [-0.4, -0.2) is 19.7 Å². The van der Waals surface area contributed by atoms with E-state index in [-0.39, 0.29) is 10.3 Å². The Morgan fingerprint density at radius 3 is 2.87 bits per heavy atom. The average molecular weight is 269 g/mol. The summed E-state index contributed by atoms with van der Waals surface area (Å²) >= 11 is 3.02. The minimum Gasteiger partial charge on any atom is -0.262 e. The molecule has 0 spiro atoms. The summed E-state index contributed by atoms with van der Waals surface area (Å²) in [5.74, 6) is 0. The Balaban J connectivity index is 2.48. The van der Waals surface area contributed by atoms with E-state index in [0.717, 1.165) is 0 Å². The third-order valence-electron chi connectivity index (χ3n) is 1.76. The third-order valence-corrected chi connectivity index (χ3v) is 2.32. The number of hydrogen-bond donors (Lipinski definition) is 0. The van der Waals surface area contributed by atoms with Gasteiger partial charge in [0, 0.05) is 6.20 Å². The quantitative estimate of drug-likeness (QED) is 0.616. The zero-order valence-electron chi connectivity index (χ0n) is 7.37. The Labute approximate surface area is 92.8 Å². The van der Waals surface area contributed by atoms with E-state index in [4.69, 9.17) is 0 Å². The fourth-order valence-corrected chi connectivity index (χ4v) is 1.51. The first-order valence-electron chi connectivity index (χ1n) is 3.98. The van der Waals surface area contributed by atoms with Crippen LogP contribution in [-0.2, 0) is 0 Å². The largest absolute Gasteiger partial charge is 0.321 e. The van der Waals surface area contributed by atoms with Gasteiger partial charge in [-0.3, -0.25) is 15.1 Å². The van der Waals surface area contributed by atoms with Crippen LogP contribution in [0.3, 0.4) is 0 Å². The highest BCUT2D eigenvalue weighted by molar-refractivity contribution is 9.10. The van der Waals surface area contributed by atoms with Gasteiger partial charge in [-0.15, -0.1) is 0 Å². The standard InChI is InChI=1S/C8H5BrN4O2/c9-8-7(13(14)15)5-12(11-8)6-2-1-3-10-4-6/h1-5H. The number of rotatable bonds is 2. The van der Waals surface area contributed by atoms with Crippen LogP contribution in [0.5, 0.6) is 0 Å². The fraction of sp³-hybridized carbons (Fsp3) is 0. The Kier molecular flexibility index (Phi) is 2.46. The van der Waals surface area contributed by atoms with Gasteiger partial charge in [0.2, 0.25) is 4.60 Å². The van der Waals surface area contributed by atoms with Crippen LogP contribution in [0, 0.1) is 10.1 Å². The molecule has 0 aliphatic rings. The van der Waals surface area contributed by atoms with Crippen molar-refractivity contribution in [1.29, 1.82) is 0 Å². The van der Waals surface area contributed by atoms with Crippen LogP contribution >= 0.6 is 15.9 Å². The van der Waals surface area contributed by atoms with Gasteiger partial charge in [0.05, 0.1) is 16.8 Å². The van der Waals surface area contributed by atoms with Crippen molar-refractivity contribution >= 4 is 21.6 Å². The second-order valence-electron chi connectivity index (χ2n) is 2.72. The van der Waals surface area contributed by atoms with Crippen LogP contribution in [0.25, 0.3) is 5.69 Å². The van der Waals surface area contributed by atoms with Gasteiger partial charge in [-0.25, -0.2) is 4.68 Å². The molecular weight excluding hydrogens is 264 g/mol. The fourth-order valence-electron chi connectivity index (χ4n) is 1.09. The first-order valence-corrected chi connectivity index (χ1v) is 4.78. The molecule has 0 bridgehead atoms. The lowest BCUT2D eigenvalue weighted by Gasteiger charge is -1.96. The molecule has 0 amide bonds. The summed E-state index contributed by atoms with van der Waals surface area (Å²) in [5.41, 5.74) is 0.602. The lowest BCUT2D eigenvalue weighted by molar-refractivity contribution is -0.385. The molecule has 0 aliphatic heterocycles. The Morgan fingerprint density at radius 2 is 2.33 bits per heavy atom. The van der Waals surface area contributed by atoms with Gasteiger partial charge in [0.25, 0.3) is 0 Å². The van der Waals surface area contributed by atoms with E-state index in [9.17, 15) is 10.1 Å².